The van der Waals surface area contributed by atoms with Crippen molar-refractivity contribution in [2.75, 3.05) is 13.1 Å². The number of hydrogen-bond acceptors (Lipinski definition) is 5. The van der Waals surface area contributed by atoms with E-state index in [2.05, 4.69) is 12.2 Å². The van der Waals surface area contributed by atoms with Gasteiger partial charge in [-0.2, -0.15) is 5.10 Å². The van der Waals surface area contributed by atoms with E-state index >= 15 is 0 Å². The van der Waals surface area contributed by atoms with Gasteiger partial charge in [-0.15, -0.1) is 0 Å². The lowest BCUT2D eigenvalue weighted by molar-refractivity contribution is -0.122. The summed E-state index contributed by atoms with van der Waals surface area (Å²) < 4.78 is 1.83. The lowest BCUT2D eigenvalue weighted by Crippen LogP contribution is -2.47. The minimum absolute atomic E-state index is 0.00412. The van der Waals surface area contributed by atoms with Crippen LogP contribution < -0.4 is 5.32 Å². The van der Waals surface area contributed by atoms with Crippen LogP contribution in [0.5, 0.6) is 0 Å². The van der Waals surface area contributed by atoms with E-state index in [-0.39, 0.29) is 30.9 Å². The number of aliphatic hydroxyl groups is 2. The number of fused-ring (bicyclic) bond motifs is 1. The van der Waals surface area contributed by atoms with E-state index in [1.165, 1.54) is 0 Å². The van der Waals surface area contributed by atoms with Crippen LogP contribution in [0.15, 0.2) is 54.6 Å². The average molecular weight is 541 g/mol. The molecule has 8 nitrogen and oxygen atoms in total. The quantitative estimate of drug-likeness (QED) is 0.245. The first-order valence-corrected chi connectivity index (χ1v) is 13.6. The normalized spacial score (nSPS) is 14.7. The molecule has 0 spiro atoms. The molecule has 2 amide bonds. The third-order valence-electron chi connectivity index (χ3n) is 6.40. The predicted octanol–water partition coefficient (Wildman–Crippen LogP) is 5.11. The fraction of sp³-hybridized carbons (Fsp3) is 0.414. The number of carbonyl (C=O) groups excluding carboxylic acids is 2. The second-order valence-corrected chi connectivity index (χ2v) is 9.53. The topological polar surface area (TPSA) is 108 Å². The summed E-state index contributed by atoms with van der Waals surface area (Å²) in [4.78, 5) is 27.6. The molecule has 0 aliphatic carbocycles. The molecule has 4 rings (SSSR count). The maximum absolute atomic E-state index is 13.3. The molecule has 204 valence electrons. The summed E-state index contributed by atoms with van der Waals surface area (Å²) >= 11 is 6.02. The Morgan fingerprint density at radius 3 is 2.42 bits per heavy atom. The number of unbranched alkanes of at least 4 members (excludes halogenated alkanes) is 2. The van der Waals surface area contributed by atoms with Crippen molar-refractivity contribution in [3.8, 4) is 11.3 Å². The summed E-state index contributed by atoms with van der Waals surface area (Å²) in [5, 5.41) is 26.7. The number of aromatic nitrogens is 2. The minimum Gasteiger partial charge on any atom is -0.364 e. The molecule has 0 bridgehead atoms. The SMILES string of the molecule is CC.CCCCCC1CN(CC(=O)NCc2ccc(C(O)O)cc2)C(=O)c2cc(-c3ccc(Cl)cc3)nn21. The third kappa shape index (κ3) is 7.43. The Hall–Kier alpha value is -3.20. The maximum atomic E-state index is 13.3. The Morgan fingerprint density at radius 2 is 1.79 bits per heavy atom. The smallest absolute Gasteiger partial charge is 0.272 e. The zero-order valence-corrected chi connectivity index (χ0v) is 23.0. The molecule has 0 fully saturated rings. The van der Waals surface area contributed by atoms with Crippen LogP contribution in [-0.4, -0.2) is 49.8 Å². The van der Waals surface area contributed by atoms with Gasteiger partial charge in [0.2, 0.25) is 5.91 Å². The van der Waals surface area contributed by atoms with E-state index in [9.17, 15) is 19.8 Å². The highest BCUT2D eigenvalue weighted by atomic mass is 35.5. The highest BCUT2D eigenvalue weighted by Gasteiger charge is 2.33. The first-order chi connectivity index (χ1) is 18.4. The fourth-order valence-corrected chi connectivity index (χ4v) is 4.51. The highest BCUT2D eigenvalue weighted by Crippen LogP contribution is 2.29. The molecule has 0 saturated carbocycles. The lowest BCUT2D eigenvalue weighted by atomic mass is 10.0. The Morgan fingerprint density at radius 1 is 1.11 bits per heavy atom. The number of halogens is 1. The second-order valence-electron chi connectivity index (χ2n) is 9.09. The van der Waals surface area contributed by atoms with E-state index in [1.807, 2.05) is 30.7 Å². The molecular weight excluding hydrogens is 504 g/mol. The van der Waals surface area contributed by atoms with Crippen molar-refractivity contribution in [3.05, 3.63) is 76.4 Å². The molecule has 3 aromatic rings. The largest absolute Gasteiger partial charge is 0.364 e. The average Bonchev–Trinajstić information content (AvgIpc) is 3.38. The van der Waals surface area contributed by atoms with Crippen LogP contribution in [0.1, 0.15) is 80.4 Å². The zero-order chi connectivity index (χ0) is 27.7. The van der Waals surface area contributed by atoms with E-state index < -0.39 is 6.29 Å². The van der Waals surface area contributed by atoms with Gasteiger partial charge in [0.1, 0.15) is 5.69 Å². The van der Waals surface area contributed by atoms with Crippen LogP contribution in [0.25, 0.3) is 11.3 Å². The first kappa shape index (κ1) is 29.4. The molecule has 3 N–H and O–H groups in total. The van der Waals surface area contributed by atoms with Gasteiger partial charge in [-0.1, -0.05) is 88.0 Å². The van der Waals surface area contributed by atoms with E-state index in [0.29, 0.717) is 28.5 Å². The number of nitrogens with one attached hydrogen (secondary N) is 1. The number of hydrogen-bond donors (Lipinski definition) is 3. The van der Waals surface area contributed by atoms with Crippen LogP contribution in [0.4, 0.5) is 0 Å². The number of rotatable bonds is 10. The molecule has 1 atom stereocenters. The highest BCUT2D eigenvalue weighted by molar-refractivity contribution is 6.30. The van der Waals surface area contributed by atoms with Gasteiger partial charge >= 0.3 is 0 Å². The summed E-state index contributed by atoms with van der Waals surface area (Å²) in [6.45, 7) is 6.81. The van der Waals surface area contributed by atoms with Crippen molar-refractivity contribution in [2.24, 2.45) is 0 Å². The predicted molar refractivity (Wildman–Crippen MR) is 149 cm³/mol. The van der Waals surface area contributed by atoms with Crippen molar-refractivity contribution in [1.29, 1.82) is 0 Å². The van der Waals surface area contributed by atoms with Gasteiger partial charge in [0.05, 0.1) is 18.3 Å². The van der Waals surface area contributed by atoms with Gasteiger partial charge in [0.15, 0.2) is 6.29 Å². The molecule has 2 heterocycles. The van der Waals surface area contributed by atoms with Crippen LogP contribution in [0.2, 0.25) is 5.02 Å². The molecule has 9 heteroatoms. The number of carbonyl (C=O) groups is 2. The number of aliphatic hydroxyl groups excluding tert-OH is 1. The molecule has 0 radical (unpaired) electrons. The molecule has 1 aliphatic heterocycles. The van der Waals surface area contributed by atoms with Gasteiger partial charge in [0, 0.05) is 29.2 Å². The van der Waals surface area contributed by atoms with Crippen LogP contribution in [0.3, 0.4) is 0 Å². The summed E-state index contributed by atoms with van der Waals surface area (Å²) in [6.07, 6.45) is 2.55. The number of nitrogens with zero attached hydrogens (tertiary/aromatic N) is 3. The standard InChI is InChI=1S/C27H31ClN4O4.C2H6/c1-2-3-4-5-22-16-31(17-25(33)29-15-18-6-8-20(9-7-18)27(35)36)26(34)24-14-23(30-32(22)24)19-10-12-21(28)13-11-19;1-2/h6-14,22,27,35-36H,2-5,15-17H2,1H3,(H,29,33);1-2H3. The zero-order valence-electron chi connectivity index (χ0n) is 22.2. The second kappa shape index (κ2) is 14.1. The van der Waals surface area contributed by atoms with Crippen molar-refractivity contribution >= 4 is 23.4 Å². The molecule has 1 aromatic heterocycles. The van der Waals surface area contributed by atoms with Crippen molar-refractivity contribution in [2.45, 2.75) is 65.3 Å². The van der Waals surface area contributed by atoms with Gasteiger partial charge in [-0.25, -0.2) is 0 Å². The molecule has 1 aliphatic rings. The number of benzene rings is 2. The molecular formula is C29H37ClN4O4. The summed E-state index contributed by atoms with van der Waals surface area (Å²) in [5.74, 6) is -0.473. The van der Waals surface area contributed by atoms with Gasteiger partial charge in [-0.3, -0.25) is 14.3 Å². The number of amides is 2. The Balaban J connectivity index is 0.00000195. The molecule has 0 saturated heterocycles. The maximum Gasteiger partial charge on any atom is 0.272 e. The van der Waals surface area contributed by atoms with Crippen LogP contribution in [0, 0.1) is 0 Å². The van der Waals surface area contributed by atoms with Crippen LogP contribution >= 0.6 is 11.6 Å². The molecule has 38 heavy (non-hydrogen) atoms. The fourth-order valence-electron chi connectivity index (χ4n) is 4.39. The minimum atomic E-state index is -1.53. The summed E-state index contributed by atoms with van der Waals surface area (Å²) in [6, 6.07) is 15.8. The van der Waals surface area contributed by atoms with E-state index in [4.69, 9.17) is 16.7 Å². The van der Waals surface area contributed by atoms with Gasteiger partial charge < -0.3 is 20.4 Å². The Bertz CT molecular complexity index is 1190. The molecule has 2 aromatic carbocycles. The van der Waals surface area contributed by atoms with Crippen LogP contribution in [-0.2, 0) is 11.3 Å². The van der Waals surface area contributed by atoms with Gasteiger partial charge in [-0.05, 0) is 30.2 Å². The first-order valence-electron chi connectivity index (χ1n) is 13.2. The Kier molecular flexibility index (Phi) is 10.9. The van der Waals surface area contributed by atoms with Crippen molar-refractivity contribution in [3.63, 3.8) is 0 Å². The monoisotopic (exact) mass is 540 g/mol. The molecule has 1 unspecified atom stereocenters. The van der Waals surface area contributed by atoms with Gasteiger partial charge in [0.25, 0.3) is 5.91 Å². The lowest BCUT2D eigenvalue weighted by Gasteiger charge is -2.33. The van der Waals surface area contributed by atoms with Crippen molar-refractivity contribution in [1.82, 2.24) is 20.0 Å². The summed E-state index contributed by atoms with van der Waals surface area (Å²) in [7, 11) is 0. The summed E-state index contributed by atoms with van der Waals surface area (Å²) in [5.41, 5.74) is 3.27. The van der Waals surface area contributed by atoms with Crippen molar-refractivity contribution < 1.29 is 19.8 Å². The van der Waals surface area contributed by atoms with E-state index in [1.54, 1.807) is 47.4 Å². The Labute approximate surface area is 229 Å². The van der Waals surface area contributed by atoms with E-state index in [0.717, 1.165) is 36.8 Å². The third-order valence-corrected chi connectivity index (χ3v) is 6.65.